The number of rotatable bonds is 7. The Hall–Kier alpha value is -4.45. The highest BCUT2D eigenvalue weighted by molar-refractivity contribution is 5.93. The molecule has 0 amide bonds. The molecular formula is C51H64N4O9. The lowest BCUT2D eigenvalue weighted by Crippen LogP contribution is -2.73. The van der Waals surface area contributed by atoms with Crippen LogP contribution in [0.5, 0.6) is 0 Å². The smallest absolute Gasteiger partial charge is 0.347 e. The van der Waals surface area contributed by atoms with E-state index in [4.69, 9.17) is 23.7 Å². The lowest BCUT2D eigenvalue weighted by Gasteiger charge is -2.58. The number of aliphatic hydroxyl groups is 1. The molecule has 342 valence electrons. The molecule has 2 bridgehead atoms. The van der Waals surface area contributed by atoms with Gasteiger partial charge in [0.1, 0.15) is 5.41 Å². The molecule has 5 fully saturated rings. The van der Waals surface area contributed by atoms with Gasteiger partial charge in [0, 0.05) is 98.4 Å². The second-order valence-electron chi connectivity index (χ2n) is 20.3. The molecule has 4 saturated heterocycles. The molecular weight excluding hydrogens is 813 g/mol. The van der Waals surface area contributed by atoms with E-state index in [-0.39, 0.29) is 23.8 Å². The van der Waals surface area contributed by atoms with Gasteiger partial charge in [0.05, 0.1) is 31.3 Å². The summed E-state index contributed by atoms with van der Waals surface area (Å²) < 4.78 is 31.8. The van der Waals surface area contributed by atoms with Crippen molar-refractivity contribution in [2.75, 3.05) is 61.1 Å². The van der Waals surface area contributed by atoms with E-state index in [1.807, 2.05) is 20.0 Å². The van der Waals surface area contributed by atoms with Crippen LogP contribution in [0.1, 0.15) is 83.5 Å². The maximum Gasteiger partial charge on any atom is 0.347 e. The summed E-state index contributed by atoms with van der Waals surface area (Å²) in [7, 11) is 6.49. The summed E-state index contributed by atoms with van der Waals surface area (Å²) in [6.07, 6.45) is 10.5. The number of nitrogens with one attached hydrogen (secondary N) is 1. The lowest BCUT2D eigenvalue weighted by molar-refractivity contribution is -0.182. The summed E-state index contributed by atoms with van der Waals surface area (Å²) in [4.78, 5) is 54.2. The highest BCUT2D eigenvalue weighted by atomic mass is 16.7. The minimum Gasteiger partial charge on any atom is -0.468 e. The number of nitrogens with zero attached hydrogens (tertiary/aromatic N) is 3. The van der Waals surface area contributed by atoms with E-state index in [1.54, 1.807) is 7.11 Å². The number of ether oxygens (including phenoxy) is 5. The first-order chi connectivity index (χ1) is 30.6. The van der Waals surface area contributed by atoms with Crippen molar-refractivity contribution in [1.82, 2.24) is 19.7 Å². The summed E-state index contributed by atoms with van der Waals surface area (Å²) in [5.74, 6) is 4.77. The van der Waals surface area contributed by atoms with E-state index in [2.05, 4.69) is 88.7 Å². The Kier molecular flexibility index (Phi) is 10.0. The largest absolute Gasteiger partial charge is 0.468 e. The number of hydrogen-bond acceptors (Lipinski definition) is 12. The van der Waals surface area contributed by atoms with E-state index < -0.39 is 63.2 Å². The van der Waals surface area contributed by atoms with E-state index in [0.717, 1.165) is 45.5 Å². The third-order valence-electron chi connectivity index (χ3n) is 17.0. The quantitative estimate of drug-likeness (QED) is 0.127. The molecule has 13 nitrogen and oxygen atoms in total. The Morgan fingerprint density at radius 3 is 2.52 bits per heavy atom. The van der Waals surface area contributed by atoms with Crippen LogP contribution in [0.2, 0.25) is 0 Å². The number of methoxy groups -OCH3 is 3. The molecule has 64 heavy (non-hydrogen) atoms. The van der Waals surface area contributed by atoms with Crippen molar-refractivity contribution in [3.8, 4) is 11.8 Å². The number of epoxide rings is 1. The van der Waals surface area contributed by atoms with Crippen LogP contribution in [-0.2, 0) is 49.9 Å². The molecule has 1 saturated carbocycles. The third kappa shape index (κ3) is 5.40. The highest BCUT2D eigenvalue weighted by Gasteiger charge is 2.99. The minimum atomic E-state index is -1.65. The molecule has 3 unspecified atom stereocenters. The number of likely N-dealkylation sites (N-methyl/N-ethyl adjacent to an activating group) is 1. The average molecular weight is 877 g/mol. The summed E-state index contributed by atoms with van der Waals surface area (Å²) >= 11 is 0. The summed E-state index contributed by atoms with van der Waals surface area (Å²) in [6, 6.07) is 6.02. The molecule has 1 aromatic heterocycles. The molecule has 12 atom stereocenters. The maximum absolute atomic E-state index is 15.6. The lowest BCUT2D eigenvalue weighted by atomic mass is 9.48. The zero-order valence-corrected chi connectivity index (χ0v) is 38.8. The second-order valence-corrected chi connectivity index (χ2v) is 20.3. The minimum absolute atomic E-state index is 0.0734. The zero-order chi connectivity index (χ0) is 45.4. The number of hydrogen-bond donors (Lipinski definition) is 2. The van der Waals surface area contributed by atoms with Crippen LogP contribution < -0.4 is 0 Å². The number of carbonyl (C=O) groups is 3. The van der Waals surface area contributed by atoms with Crippen molar-refractivity contribution in [2.45, 2.75) is 114 Å². The van der Waals surface area contributed by atoms with Crippen LogP contribution in [0.3, 0.4) is 0 Å². The Morgan fingerprint density at radius 2 is 1.83 bits per heavy atom. The monoisotopic (exact) mass is 876 g/mol. The van der Waals surface area contributed by atoms with Gasteiger partial charge in [-0.2, -0.15) is 0 Å². The summed E-state index contributed by atoms with van der Waals surface area (Å²) in [5.41, 5.74) is -1.33. The number of esters is 3. The number of benzene rings is 1. The number of carbonyl (C=O) groups excluding carboxylic acids is 3. The van der Waals surface area contributed by atoms with Crippen LogP contribution in [0.25, 0.3) is 10.9 Å². The first-order valence-electron chi connectivity index (χ1n) is 23.4. The molecule has 2 aliphatic carbocycles. The Balaban J connectivity index is 1.25. The van der Waals surface area contributed by atoms with E-state index >= 15 is 4.79 Å². The van der Waals surface area contributed by atoms with Gasteiger partial charge in [-0.05, 0) is 86.4 Å². The van der Waals surface area contributed by atoms with Crippen molar-refractivity contribution < 1.29 is 43.2 Å². The Morgan fingerprint density at radius 1 is 1.05 bits per heavy atom. The van der Waals surface area contributed by atoms with Crippen LogP contribution in [0.4, 0.5) is 0 Å². The zero-order valence-electron chi connectivity index (χ0n) is 38.8. The first-order valence-corrected chi connectivity index (χ1v) is 23.4. The van der Waals surface area contributed by atoms with Crippen molar-refractivity contribution in [3.05, 3.63) is 70.6 Å². The number of H-pyrrole nitrogens is 1. The SMILES string of the molecule is CC[C@]1(O)C[C@H]2CN(CCc3c([nH]c4ccc(C#CC(C)C)cc34)[C@@](C(=O)OC)(C3C=C4C(=CC3OC)N(C)[C@@]35O[C@]3(C(=O)OC)[C@H](OC(C)=O)[C@]3(CC)C=CCN6CC[C@]45[C@@H]63)C2)C1. The number of allylic oxidation sites excluding steroid dienone is 1. The van der Waals surface area contributed by atoms with Crippen LogP contribution in [-0.4, -0.2) is 139 Å². The molecule has 2 aromatic rings. The number of aromatic nitrogens is 1. The molecule has 6 aliphatic heterocycles. The summed E-state index contributed by atoms with van der Waals surface area (Å²) in [6.45, 7) is 13.1. The van der Waals surface area contributed by atoms with Gasteiger partial charge in [0.15, 0.2) is 11.8 Å². The fourth-order valence-electron chi connectivity index (χ4n) is 14.7. The number of likely N-dealkylation sites (tertiary alicyclic amines) is 1. The number of fused-ring (bicyclic) bond motifs is 6. The number of piperidine rings is 1. The molecule has 13 heteroatoms. The number of aromatic amines is 1. The fourth-order valence-corrected chi connectivity index (χ4v) is 14.7. The van der Waals surface area contributed by atoms with E-state index in [9.17, 15) is 14.7 Å². The van der Waals surface area contributed by atoms with Gasteiger partial charge < -0.3 is 38.7 Å². The average Bonchev–Trinajstić information content (AvgIpc) is 3.53. The van der Waals surface area contributed by atoms with Crippen molar-refractivity contribution >= 4 is 28.8 Å². The highest BCUT2D eigenvalue weighted by Crippen LogP contribution is 2.82. The fraction of sp³-hybridized carbons (Fsp3) is 0.627. The normalized spacial score (nSPS) is 40.2. The van der Waals surface area contributed by atoms with E-state index in [0.29, 0.717) is 64.7 Å². The van der Waals surface area contributed by atoms with Gasteiger partial charge in [-0.1, -0.05) is 57.8 Å². The van der Waals surface area contributed by atoms with Gasteiger partial charge in [0.25, 0.3) is 5.60 Å². The predicted octanol–water partition coefficient (Wildman–Crippen LogP) is 5.01. The first kappa shape index (κ1) is 43.4. The van der Waals surface area contributed by atoms with Crippen molar-refractivity contribution in [1.29, 1.82) is 0 Å². The maximum atomic E-state index is 15.6. The van der Waals surface area contributed by atoms with Gasteiger partial charge in [-0.15, -0.1) is 0 Å². The summed E-state index contributed by atoms with van der Waals surface area (Å²) in [5, 5.41) is 13.1. The standard InChI is InChI=1S/C51H64N4O9/c1-10-46(59)26-33-27-48(44(57)61-8,41-34(17-21-54(28-33)29-46)35-23-32(14-13-30(3)4)15-16-38(35)52-41)37-24-36-39(25-40(37)60-7)53(6)51-49(36)19-22-55-20-12-18-47(11-2,42(49)55)43(63-31(5)56)50(51,64-51)45(58)62-9/h12,15-16,18,23-25,30,33,37,40,42-43,52,59H,10-11,17,19-22,26-29H2,1-9H3/t33-,37?,40?,42+,43-,46+,47-,48+,49-,50+,51+/m1/s1. The Bertz CT molecular complexity index is 2480. The third-order valence-corrected chi connectivity index (χ3v) is 17.0. The molecule has 10 rings (SSSR count). The molecule has 8 aliphatic rings. The molecule has 1 aromatic carbocycles. The second kappa shape index (κ2) is 14.8. The van der Waals surface area contributed by atoms with Gasteiger partial charge >= 0.3 is 17.9 Å². The van der Waals surface area contributed by atoms with Crippen molar-refractivity contribution in [3.63, 3.8) is 0 Å². The van der Waals surface area contributed by atoms with E-state index in [1.165, 1.54) is 21.1 Å². The molecule has 2 N–H and O–H groups in total. The van der Waals surface area contributed by atoms with Gasteiger partial charge in [-0.3, -0.25) is 19.4 Å². The van der Waals surface area contributed by atoms with Crippen LogP contribution in [0, 0.1) is 40.4 Å². The molecule has 0 radical (unpaired) electrons. The van der Waals surface area contributed by atoms with Crippen LogP contribution in [0.15, 0.2) is 53.8 Å². The topological polar surface area (TPSA) is 146 Å². The van der Waals surface area contributed by atoms with Gasteiger partial charge in [0.2, 0.25) is 0 Å². The predicted molar refractivity (Wildman–Crippen MR) is 238 cm³/mol. The van der Waals surface area contributed by atoms with Gasteiger partial charge in [-0.25, -0.2) is 4.79 Å². The molecule has 2 spiro atoms. The molecule has 7 heterocycles. The Labute approximate surface area is 376 Å². The van der Waals surface area contributed by atoms with Crippen LogP contribution >= 0.6 is 0 Å². The van der Waals surface area contributed by atoms with Crippen molar-refractivity contribution in [2.24, 2.45) is 28.6 Å².